The summed E-state index contributed by atoms with van der Waals surface area (Å²) in [6.45, 7) is 2.55. The lowest BCUT2D eigenvalue weighted by atomic mass is 10.1. The molecule has 3 aromatic carbocycles. The fraction of sp³-hybridized carbons (Fsp3) is 0.250. The van der Waals surface area contributed by atoms with Gasteiger partial charge in [0.2, 0.25) is 11.3 Å². The summed E-state index contributed by atoms with van der Waals surface area (Å²) in [5, 5.41) is -0.680. The molecule has 2 aliphatic heterocycles. The molecule has 190 valence electrons. The molecule has 5 rings (SSSR count). The summed E-state index contributed by atoms with van der Waals surface area (Å²) in [6, 6.07) is 24.3. The lowest BCUT2D eigenvalue weighted by Gasteiger charge is -2.41. The topological polar surface area (TPSA) is 79.4 Å². The maximum atomic E-state index is 13.5. The first kappa shape index (κ1) is 24.9. The van der Waals surface area contributed by atoms with Gasteiger partial charge in [-0.05, 0) is 36.8 Å². The van der Waals surface area contributed by atoms with E-state index in [4.69, 9.17) is 9.47 Å². The molecule has 1 saturated heterocycles. The van der Waals surface area contributed by atoms with Crippen LogP contribution in [0.4, 0.5) is 16.2 Å². The van der Waals surface area contributed by atoms with Crippen molar-refractivity contribution in [2.24, 2.45) is 0 Å². The maximum Gasteiger partial charge on any atom is 0.292 e. The largest absolute Gasteiger partial charge is 0.497 e. The van der Waals surface area contributed by atoms with Crippen LogP contribution in [0.3, 0.4) is 0 Å². The molecule has 0 radical (unpaired) electrons. The lowest BCUT2D eigenvalue weighted by Crippen LogP contribution is -2.51. The second-order valence-electron chi connectivity index (χ2n) is 8.90. The molecule has 2 amide bonds. The van der Waals surface area contributed by atoms with Crippen LogP contribution in [0.25, 0.3) is 0 Å². The fourth-order valence-electron chi connectivity index (χ4n) is 4.48. The average molecular weight is 518 g/mol. The van der Waals surface area contributed by atoms with E-state index in [1.54, 1.807) is 24.1 Å². The summed E-state index contributed by atoms with van der Waals surface area (Å²) in [5.41, 5.74) is 3.16. The first-order valence-corrected chi connectivity index (χ1v) is 12.8. The highest BCUT2D eigenvalue weighted by Crippen LogP contribution is 2.37. The number of fused-ring (bicyclic) bond motifs is 1. The monoisotopic (exact) mass is 517 g/mol. The Morgan fingerprint density at radius 1 is 0.973 bits per heavy atom. The SMILES string of the molecule is COc1ccc2c(c1)N(c1ccccc1)CN(C(C)COC1C(=O)SC(=O)N1Cc1ccccc1)C2=O. The Balaban J connectivity index is 1.35. The fourth-order valence-corrected chi connectivity index (χ4v) is 5.23. The summed E-state index contributed by atoms with van der Waals surface area (Å²) in [4.78, 5) is 43.8. The van der Waals surface area contributed by atoms with Crippen molar-refractivity contribution in [2.45, 2.75) is 25.7 Å². The number of hydrogen-bond acceptors (Lipinski definition) is 7. The van der Waals surface area contributed by atoms with Crippen LogP contribution in [0.1, 0.15) is 22.8 Å². The third kappa shape index (κ3) is 5.05. The molecule has 0 aromatic heterocycles. The number of nitrogens with zero attached hydrogens (tertiary/aromatic N) is 3. The number of thioether (sulfide) groups is 1. The molecule has 1 fully saturated rings. The predicted molar refractivity (Wildman–Crippen MR) is 142 cm³/mol. The van der Waals surface area contributed by atoms with Gasteiger partial charge in [0.05, 0.1) is 37.7 Å². The van der Waals surface area contributed by atoms with Gasteiger partial charge in [-0.2, -0.15) is 0 Å². The Hall–Kier alpha value is -3.82. The van der Waals surface area contributed by atoms with Gasteiger partial charge in [0.15, 0.2) is 0 Å². The van der Waals surface area contributed by atoms with Gasteiger partial charge in [-0.3, -0.25) is 19.3 Å². The molecular weight excluding hydrogens is 490 g/mol. The highest BCUT2D eigenvalue weighted by Gasteiger charge is 2.41. The molecule has 37 heavy (non-hydrogen) atoms. The van der Waals surface area contributed by atoms with Crippen LogP contribution >= 0.6 is 11.8 Å². The normalized spacial score (nSPS) is 18.3. The summed E-state index contributed by atoms with van der Waals surface area (Å²) in [7, 11) is 1.60. The molecule has 2 heterocycles. The van der Waals surface area contributed by atoms with Crippen LogP contribution in [-0.2, 0) is 16.1 Å². The highest BCUT2D eigenvalue weighted by molar-refractivity contribution is 8.26. The predicted octanol–water partition coefficient (Wildman–Crippen LogP) is 4.87. The van der Waals surface area contributed by atoms with E-state index < -0.39 is 6.23 Å². The molecule has 0 N–H and O–H groups in total. The molecule has 0 bridgehead atoms. The van der Waals surface area contributed by atoms with Gasteiger partial charge in [-0.15, -0.1) is 0 Å². The molecule has 2 unspecified atom stereocenters. The number of anilines is 2. The minimum atomic E-state index is -0.998. The number of carbonyl (C=O) groups excluding carboxylic acids is 3. The Labute approximate surface area is 219 Å². The van der Waals surface area contributed by atoms with E-state index in [2.05, 4.69) is 4.90 Å². The Morgan fingerprint density at radius 3 is 2.38 bits per heavy atom. The number of carbonyl (C=O) groups is 3. The van der Waals surface area contributed by atoms with Gasteiger partial charge < -0.3 is 19.3 Å². The minimum absolute atomic E-state index is 0.0927. The summed E-state index contributed by atoms with van der Waals surface area (Å²) in [6.07, 6.45) is -0.998. The van der Waals surface area contributed by atoms with E-state index >= 15 is 0 Å². The zero-order chi connectivity index (χ0) is 25.9. The quantitative estimate of drug-likeness (QED) is 0.422. The minimum Gasteiger partial charge on any atom is -0.497 e. The third-order valence-corrected chi connectivity index (χ3v) is 7.29. The smallest absolute Gasteiger partial charge is 0.292 e. The van der Waals surface area contributed by atoms with Crippen LogP contribution in [-0.4, -0.2) is 58.7 Å². The van der Waals surface area contributed by atoms with Crippen molar-refractivity contribution < 1.29 is 23.9 Å². The van der Waals surface area contributed by atoms with E-state index in [1.807, 2.05) is 73.7 Å². The third-order valence-electron chi connectivity index (χ3n) is 6.48. The van der Waals surface area contributed by atoms with Crippen molar-refractivity contribution in [3.8, 4) is 5.75 Å². The number of ether oxygens (including phenoxy) is 2. The van der Waals surface area contributed by atoms with Crippen LogP contribution in [0.5, 0.6) is 5.75 Å². The maximum absolute atomic E-state index is 13.5. The van der Waals surface area contributed by atoms with Gasteiger partial charge in [0.25, 0.3) is 11.1 Å². The van der Waals surface area contributed by atoms with Crippen molar-refractivity contribution in [2.75, 3.05) is 25.3 Å². The van der Waals surface area contributed by atoms with Crippen molar-refractivity contribution >= 4 is 39.4 Å². The standard InChI is InChI=1S/C28H27N3O5S/c1-19(17-36-26-27(33)37-28(34)29(26)16-20-9-5-3-6-10-20)30-18-31(21-11-7-4-8-12-21)24-15-22(35-2)13-14-23(24)25(30)32/h3-15,19,26H,16-18H2,1-2H3. The zero-order valence-electron chi connectivity index (χ0n) is 20.6. The van der Waals surface area contributed by atoms with Crippen molar-refractivity contribution in [1.82, 2.24) is 9.80 Å². The number of benzene rings is 3. The Bertz CT molecular complexity index is 1300. The summed E-state index contributed by atoms with van der Waals surface area (Å²) < 4.78 is 11.4. The Kier molecular flexibility index (Phi) is 7.16. The second kappa shape index (κ2) is 10.7. The van der Waals surface area contributed by atoms with Gasteiger partial charge >= 0.3 is 0 Å². The molecule has 0 spiro atoms. The van der Waals surface area contributed by atoms with Gasteiger partial charge in [0.1, 0.15) is 5.75 Å². The number of amides is 2. The molecule has 2 aliphatic rings. The van der Waals surface area contributed by atoms with Gasteiger partial charge in [-0.1, -0.05) is 48.5 Å². The molecule has 2 atom stereocenters. The number of methoxy groups -OCH3 is 1. The summed E-state index contributed by atoms with van der Waals surface area (Å²) in [5.74, 6) is 0.531. The van der Waals surface area contributed by atoms with Crippen LogP contribution < -0.4 is 9.64 Å². The van der Waals surface area contributed by atoms with E-state index in [0.717, 1.165) is 16.9 Å². The van der Waals surface area contributed by atoms with Gasteiger partial charge in [-0.25, -0.2) is 0 Å². The van der Waals surface area contributed by atoms with Crippen molar-refractivity contribution in [3.63, 3.8) is 0 Å². The molecule has 0 saturated carbocycles. The first-order valence-electron chi connectivity index (χ1n) is 12.0. The molecule has 8 nitrogen and oxygen atoms in total. The number of hydrogen-bond donors (Lipinski definition) is 0. The highest BCUT2D eigenvalue weighted by atomic mass is 32.2. The number of rotatable bonds is 8. The second-order valence-corrected chi connectivity index (χ2v) is 9.85. The molecule has 0 aliphatic carbocycles. The van der Waals surface area contributed by atoms with E-state index in [9.17, 15) is 14.4 Å². The van der Waals surface area contributed by atoms with Crippen molar-refractivity contribution in [1.29, 1.82) is 0 Å². The van der Waals surface area contributed by atoms with Crippen LogP contribution in [0, 0.1) is 0 Å². The zero-order valence-corrected chi connectivity index (χ0v) is 21.4. The van der Waals surface area contributed by atoms with E-state index in [1.165, 1.54) is 4.90 Å². The molecular formula is C28H27N3O5S. The van der Waals surface area contributed by atoms with Crippen molar-refractivity contribution in [3.05, 3.63) is 90.0 Å². The molecule has 9 heteroatoms. The van der Waals surface area contributed by atoms with Crippen LogP contribution in [0.15, 0.2) is 78.9 Å². The Morgan fingerprint density at radius 2 is 1.68 bits per heavy atom. The first-order chi connectivity index (χ1) is 18.0. The van der Waals surface area contributed by atoms with Gasteiger partial charge in [0, 0.05) is 30.1 Å². The van der Waals surface area contributed by atoms with E-state index in [0.29, 0.717) is 29.7 Å². The van der Waals surface area contributed by atoms with Crippen LogP contribution in [0.2, 0.25) is 0 Å². The summed E-state index contributed by atoms with van der Waals surface area (Å²) >= 11 is 0.658. The lowest BCUT2D eigenvalue weighted by molar-refractivity contribution is -0.131. The van der Waals surface area contributed by atoms with E-state index in [-0.39, 0.29) is 35.5 Å². The average Bonchev–Trinajstić information content (AvgIpc) is 3.19. The number of para-hydroxylation sites is 1. The molecule has 3 aromatic rings.